The van der Waals surface area contributed by atoms with E-state index in [1.807, 2.05) is 10.2 Å². The normalized spacial score (nSPS) is 8.52. The number of nitrogens with two attached hydrogens (primary N) is 6. The van der Waals surface area contributed by atoms with Gasteiger partial charge in [0.25, 0.3) is 0 Å². The number of azo groups is 1. The number of hydrazone groups is 2. The van der Waals surface area contributed by atoms with E-state index in [0.717, 1.165) is 0 Å². The highest BCUT2D eigenvalue weighted by Gasteiger charge is 1.79. The number of hydrogen-bond donors (Lipinski definition) is 8. The average Bonchev–Trinajstić information content (AvgIpc) is 3.19. The van der Waals surface area contributed by atoms with Gasteiger partial charge in [0.2, 0.25) is 0 Å². The molecule has 0 radical (unpaired) electrons. The van der Waals surface area contributed by atoms with Crippen molar-refractivity contribution in [3.05, 3.63) is 0 Å². The van der Waals surface area contributed by atoms with Gasteiger partial charge in [-0.1, -0.05) is 0 Å². The second-order valence-corrected chi connectivity index (χ2v) is 2.76. The van der Waals surface area contributed by atoms with Gasteiger partial charge in [0, 0.05) is 0 Å². The highest BCUT2D eigenvalue weighted by Crippen LogP contribution is 2.03. The predicted octanol–water partition coefficient (Wildman–Crippen LogP) is -10.0. The maximum atomic E-state index is 4.75. The fourth-order valence-electron chi connectivity index (χ4n) is 0.449. The maximum Gasteiger partial charge on any atom is 0.360 e. The molecule has 2 aromatic heterocycles. The Morgan fingerprint density at radius 3 is 1.26 bits per heavy atom. The zero-order valence-corrected chi connectivity index (χ0v) is 11.4. The van der Waals surface area contributed by atoms with E-state index in [9.17, 15) is 0 Å². The molecule has 0 saturated carbocycles. The topological polar surface area (TPSA) is 346 Å². The molecule has 0 bridgehead atoms. The van der Waals surface area contributed by atoms with Gasteiger partial charge >= 0.3 is 11.9 Å². The Hall–Kier alpha value is -4.16. The fraction of sp³-hybridized carbons (Fsp3) is 0. The number of nitrogens with zero attached hydrogens (tertiary/aromatic N) is 10. The van der Waals surface area contributed by atoms with Crippen LogP contribution in [0.4, 0.5) is 11.9 Å². The van der Waals surface area contributed by atoms with Crippen LogP contribution in [0.15, 0.2) is 10.2 Å². The van der Waals surface area contributed by atoms with Crippen molar-refractivity contribution in [2.45, 2.75) is 0 Å². The molecule has 0 aromatic carbocycles. The molecule has 0 unspecified atom stereocenters. The minimum atomic E-state index is 0. The molecule has 0 aliphatic carbocycles. The SMILES string of the molecule is N(=N\c1nnn[n-]1)/c1nnn[n-]1.N[NH+]=C(N)N.N[NH+]=C(N)N.O. The summed E-state index contributed by atoms with van der Waals surface area (Å²) in [6.07, 6.45) is 0. The lowest BCUT2D eigenvalue weighted by Crippen LogP contribution is -2.84. The molecule has 19 nitrogen and oxygen atoms in total. The molecule has 2 heterocycles. The Morgan fingerprint density at radius 2 is 1.09 bits per heavy atom. The molecule has 2 rings (SSSR count). The van der Waals surface area contributed by atoms with Gasteiger partial charge in [0.15, 0.2) is 0 Å². The predicted molar refractivity (Wildman–Crippen MR) is 71.1 cm³/mol. The van der Waals surface area contributed by atoms with Crippen molar-refractivity contribution >= 4 is 23.8 Å². The van der Waals surface area contributed by atoms with E-state index in [4.69, 9.17) is 22.9 Å². The lowest BCUT2D eigenvalue weighted by molar-refractivity contribution is -0.471. The third-order valence-electron chi connectivity index (χ3n) is 1.18. The van der Waals surface area contributed by atoms with Gasteiger partial charge in [-0.25, -0.2) is 10.2 Å². The highest BCUT2D eigenvalue weighted by atomic mass is 16.0. The Bertz CT molecular complexity index is 504. The van der Waals surface area contributed by atoms with E-state index in [-0.39, 0.29) is 29.3 Å². The van der Waals surface area contributed by atoms with E-state index >= 15 is 0 Å². The van der Waals surface area contributed by atoms with Crippen molar-refractivity contribution in [2.75, 3.05) is 0 Å². The summed E-state index contributed by atoms with van der Waals surface area (Å²) in [5, 5.41) is 37.3. The van der Waals surface area contributed by atoms with Crippen LogP contribution in [0.2, 0.25) is 0 Å². The van der Waals surface area contributed by atoms with Crippen molar-refractivity contribution in [3.63, 3.8) is 0 Å². The number of hydrazine groups is 2. The summed E-state index contributed by atoms with van der Waals surface area (Å²) in [4.78, 5) is 0. The molecule has 0 spiro atoms. The maximum absolute atomic E-state index is 4.75. The van der Waals surface area contributed by atoms with Crippen LogP contribution in [0.25, 0.3) is 0 Å². The lowest BCUT2D eigenvalue weighted by Gasteiger charge is -1.91. The van der Waals surface area contributed by atoms with Crippen LogP contribution >= 0.6 is 0 Å². The monoisotopic (exact) mass is 332 g/mol. The third-order valence-corrected chi connectivity index (χ3v) is 1.18. The first-order valence-electron chi connectivity index (χ1n) is 4.97. The molecule has 23 heavy (non-hydrogen) atoms. The van der Waals surface area contributed by atoms with Gasteiger partial charge in [-0.05, 0) is 0 Å². The van der Waals surface area contributed by atoms with Crippen LogP contribution < -0.4 is 55.0 Å². The molecule has 0 aliphatic rings. The smallest absolute Gasteiger partial charge is 0.360 e. The van der Waals surface area contributed by atoms with Crippen molar-refractivity contribution in [3.8, 4) is 0 Å². The molecule has 0 fully saturated rings. The minimum absolute atomic E-state index is 0. The van der Waals surface area contributed by atoms with Crippen LogP contribution in [0.1, 0.15) is 0 Å². The van der Waals surface area contributed by atoms with Crippen LogP contribution in [-0.4, -0.2) is 48.4 Å². The first-order chi connectivity index (χ1) is 10.5. The van der Waals surface area contributed by atoms with Crippen LogP contribution in [0.3, 0.4) is 0 Å². The third kappa shape index (κ3) is 12.6. The summed E-state index contributed by atoms with van der Waals surface area (Å²) in [5.74, 6) is 9.42. The van der Waals surface area contributed by atoms with Gasteiger partial charge in [0.05, 0.1) is 0 Å². The molecule has 16 N–H and O–H groups in total. The highest BCUT2D eigenvalue weighted by molar-refractivity contribution is 5.69. The number of guanidine groups is 2. The molecular weight excluding hydrogens is 316 g/mol. The molecule has 0 atom stereocenters. The minimum Gasteiger partial charge on any atom is -0.412 e. The second kappa shape index (κ2) is 12.9. The molecule has 128 valence electrons. The lowest BCUT2D eigenvalue weighted by atomic mass is 11.1. The van der Waals surface area contributed by atoms with Crippen LogP contribution in [-0.2, 0) is 0 Å². The average molecular weight is 332 g/mol. The molecule has 0 saturated heterocycles. The van der Waals surface area contributed by atoms with Crippen molar-refractivity contribution in [2.24, 2.45) is 44.8 Å². The van der Waals surface area contributed by atoms with Gasteiger partial charge in [-0.15, -0.1) is 10.4 Å². The number of nitrogens with one attached hydrogen (secondary N) is 2. The largest absolute Gasteiger partial charge is 0.412 e. The van der Waals surface area contributed by atoms with Crippen LogP contribution in [0.5, 0.6) is 0 Å². The van der Waals surface area contributed by atoms with Gasteiger partial charge in [-0.3, -0.25) is 55.0 Å². The van der Waals surface area contributed by atoms with Gasteiger partial charge < -0.3 is 5.48 Å². The van der Waals surface area contributed by atoms with E-state index in [1.165, 1.54) is 0 Å². The standard InChI is InChI=1S/C2N10.2CH6N4.H2O/c3(1-5-9-10-6-1)4-2-7-11-12-8-2;2*2-1(3)5-4;/h;2*4H2,(H4,2,3,5);1H2/q-2;;;/p+2/b4-3+;;;. The van der Waals surface area contributed by atoms with E-state index in [0.29, 0.717) is 0 Å². The summed E-state index contributed by atoms with van der Waals surface area (Å²) < 4.78 is 0. The quantitative estimate of drug-likeness (QED) is 0.0831. The van der Waals surface area contributed by atoms with Crippen LogP contribution in [0, 0.1) is 0 Å². The Kier molecular flexibility index (Phi) is 11.8. The zero-order valence-electron chi connectivity index (χ0n) is 11.4. The number of aromatic nitrogens is 8. The molecule has 0 amide bonds. The molecule has 2 aromatic rings. The van der Waals surface area contributed by atoms with Gasteiger partial charge in [0.1, 0.15) is 11.9 Å². The summed E-state index contributed by atoms with van der Waals surface area (Å²) >= 11 is 0. The van der Waals surface area contributed by atoms with E-state index < -0.39 is 0 Å². The first-order valence-corrected chi connectivity index (χ1v) is 4.97. The summed E-state index contributed by atoms with van der Waals surface area (Å²) in [7, 11) is 0. The Labute approximate surface area is 126 Å². The molecule has 19 heteroatoms. The van der Waals surface area contributed by atoms with E-state index in [2.05, 4.69) is 63.2 Å². The zero-order chi connectivity index (χ0) is 16.8. The summed E-state index contributed by atoms with van der Waals surface area (Å²) in [5.41, 5.74) is 19.0. The second-order valence-electron chi connectivity index (χ2n) is 2.76. The first kappa shape index (κ1) is 21.1. The molecule has 0 aliphatic heterocycles. The number of tetrazole rings is 2. The molecular formula is C4H16N18O. The summed E-state index contributed by atoms with van der Waals surface area (Å²) in [6, 6.07) is 0. The Morgan fingerprint density at radius 1 is 0.783 bits per heavy atom. The van der Waals surface area contributed by atoms with E-state index in [1.54, 1.807) is 0 Å². The van der Waals surface area contributed by atoms with Crippen molar-refractivity contribution in [1.82, 2.24) is 41.2 Å². The van der Waals surface area contributed by atoms with Gasteiger partial charge in [-0.2, -0.15) is 20.6 Å². The van der Waals surface area contributed by atoms with Crippen molar-refractivity contribution in [1.29, 1.82) is 0 Å². The Balaban J connectivity index is 0. The fourth-order valence-corrected chi connectivity index (χ4v) is 0.449. The summed E-state index contributed by atoms with van der Waals surface area (Å²) in [6.45, 7) is 0. The number of rotatable bonds is 2. The number of hydrogen-bond acceptors (Lipinski definition) is 10. The van der Waals surface area contributed by atoms with Crippen molar-refractivity contribution < 1.29 is 15.7 Å².